The van der Waals surface area contributed by atoms with Crippen LogP contribution in [0.4, 0.5) is 10.1 Å². The van der Waals surface area contributed by atoms with Crippen LogP contribution in [0, 0.1) is 19.7 Å². The molecular formula is C18H17BrFNO4. The number of hydrogen-bond donors (Lipinski definition) is 1. The van der Waals surface area contributed by atoms with Gasteiger partial charge in [-0.3, -0.25) is 4.79 Å². The van der Waals surface area contributed by atoms with Crippen LogP contribution in [0.25, 0.3) is 0 Å². The molecule has 0 saturated heterocycles. The summed E-state index contributed by atoms with van der Waals surface area (Å²) in [5.41, 5.74) is 1.81. The van der Waals surface area contributed by atoms with E-state index in [1.165, 1.54) is 12.1 Å². The van der Waals surface area contributed by atoms with Gasteiger partial charge in [-0.25, -0.2) is 9.18 Å². The minimum atomic E-state index is -0.686. The number of aryl methyl sites for hydroxylation is 2. The molecule has 5 nitrogen and oxygen atoms in total. The summed E-state index contributed by atoms with van der Waals surface area (Å²) in [6.45, 7) is 2.90. The maximum absolute atomic E-state index is 13.6. The second-order valence-corrected chi connectivity index (χ2v) is 6.26. The van der Waals surface area contributed by atoms with Crippen molar-refractivity contribution >= 4 is 33.5 Å². The molecule has 2 rings (SSSR count). The minimum absolute atomic E-state index is 0.0102. The standard InChI is InChI=1S/C18H17BrFNO4/c1-11-4-3-5-12(2)18(11)25-10-17(23)24-9-16(22)21-15-7-6-13(19)8-14(15)20/h3-8H,9-10H2,1-2H3,(H,21,22). The van der Waals surface area contributed by atoms with E-state index in [9.17, 15) is 14.0 Å². The Balaban J connectivity index is 1.80. The zero-order chi connectivity index (χ0) is 18.4. The van der Waals surface area contributed by atoms with Crippen LogP contribution >= 0.6 is 15.9 Å². The predicted octanol–water partition coefficient (Wildman–Crippen LogP) is 3.77. The van der Waals surface area contributed by atoms with Crippen molar-refractivity contribution in [2.75, 3.05) is 18.5 Å². The van der Waals surface area contributed by atoms with Crippen LogP contribution in [0.1, 0.15) is 11.1 Å². The third-order valence-corrected chi connectivity index (χ3v) is 3.81. The van der Waals surface area contributed by atoms with E-state index in [0.29, 0.717) is 10.2 Å². The first kappa shape index (κ1) is 18.9. The predicted molar refractivity (Wildman–Crippen MR) is 95.1 cm³/mol. The molecule has 0 aromatic heterocycles. The highest BCUT2D eigenvalue weighted by molar-refractivity contribution is 9.10. The lowest BCUT2D eigenvalue weighted by molar-refractivity contribution is -0.149. The van der Waals surface area contributed by atoms with Crippen molar-refractivity contribution in [2.24, 2.45) is 0 Å². The fraction of sp³-hybridized carbons (Fsp3) is 0.222. The number of amides is 1. The number of esters is 1. The monoisotopic (exact) mass is 409 g/mol. The highest BCUT2D eigenvalue weighted by atomic mass is 79.9. The molecule has 1 amide bonds. The van der Waals surface area contributed by atoms with Gasteiger partial charge in [0.05, 0.1) is 5.69 Å². The quantitative estimate of drug-likeness (QED) is 0.737. The molecule has 0 unspecified atom stereocenters. The highest BCUT2D eigenvalue weighted by Crippen LogP contribution is 2.22. The molecule has 25 heavy (non-hydrogen) atoms. The van der Waals surface area contributed by atoms with Gasteiger partial charge >= 0.3 is 5.97 Å². The first-order valence-corrected chi connectivity index (χ1v) is 8.25. The van der Waals surface area contributed by atoms with Crippen LogP contribution in [0.2, 0.25) is 0 Å². The lowest BCUT2D eigenvalue weighted by Gasteiger charge is -2.11. The number of ether oxygens (including phenoxy) is 2. The normalized spacial score (nSPS) is 10.2. The summed E-state index contributed by atoms with van der Waals surface area (Å²) < 4.78 is 24.4. The van der Waals surface area contributed by atoms with E-state index in [2.05, 4.69) is 21.2 Å². The fourth-order valence-electron chi connectivity index (χ4n) is 2.12. The number of hydrogen-bond acceptors (Lipinski definition) is 4. The Labute approximate surface area is 153 Å². The molecule has 0 aliphatic heterocycles. The number of para-hydroxylation sites is 1. The van der Waals surface area contributed by atoms with E-state index in [0.717, 1.165) is 11.1 Å². The van der Waals surface area contributed by atoms with Gasteiger partial charge < -0.3 is 14.8 Å². The van der Waals surface area contributed by atoms with E-state index >= 15 is 0 Å². The van der Waals surface area contributed by atoms with Crippen LogP contribution in [-0.2, 0) is 14.3 Å². The van der Waals surface area contributed by atoms with E-state index < -0.39 is 24.3 Å². The summed E-state index contributed by atoms with van der Waals surface area (Å²) >= 11 is 3.12. The number of anilines is 1. The summed E-state index contributed by atoms with van der Waals surface area (Å²) in [5, 5.41) is 2.33. The molecule has 0 radical (unpaired) electrons. The summed E-state index contributed by atoms with van der Waals surface area (Å²) in [5.74, 6) is -1.30. The lowest BCUT2D eigenvalue weighted by atomic mass is 10.1. The van der Waals surface area contributed by atoms with Crippen molar-refractivity contribution in [3.8, 4) is 5.75 Å². The van der Waals surface area contributed by atoms with Gasteiger partial charge in [0.2, 0.25) is 0 Å². The number of benzene rings is 2. The molecule has 0 spiro atoms. The SMILES string of the molecule is Cc1cccc(C)c1OCC(=O)OCC(=O)Nc1ccc(Br)cc1F. The van der Waals surface area contributed by atoms with Gasteiger partial charge in [0.1, 0.15) is 11.6 Å². The first-order chi connectivity index (χ1) is 11.9. The molecule has 0 bridgehead atoms. The second-order valence-electron chi connectivity index (χ2n) is 5.34. The molecular weight excluding hydrogens is 393 g/mol. The smallest absolute Gasteiger partial charge is 0.344 e. The van der Waals surface area contributed by atoms with Crippen molar-refractivity contribution in [2.45, 2.75) is 13.8 Å². The molecule has 2 aromatic rings. The number of carbonyl (C=O) groups excluding carboxylic acids is 2. The summed E-state index contributed by atoms with van der Waals surface area (Å²) in [7, 11) is 0. The van der Waals surface area contributed by atoms with E-state index in [-0.39, 0.29) is 12.3 Å². The Bertz CT molecular complexity index is 774. The van der Waals surface area contributed by atoms with E-state index in [1.54, 1.807) is 6.07 Å². The third-order valence-electron chi connectivity index (χ3n) is 3.31. The molecule has 0 fully saturated rings. The van der Waals surface area contributed by atoms with Crippen molar-refractivity contribution in [1.29, 1.82) is 0 Å². The van der Waals surface area contributed by atoms with Gasteiger partial charge in [-0.2, -0.15) is 0 Å². The van der Waals surface area contributed by atoms with Crippen LogP contribution in [-0.4, -0.2) is 25.1 Å². The maximum Gasteiger partial charge on any atom is 0.344 e. The minimum Gasteiger partial charge on any atom is -0.481 e. The van der Waals surface area contributed by atoms with Crippen molar-refractivity contribution < 1.29 is 23.5 Å². The van der Waals surface area contributed by atoms with Gasteiger partial charge in [-0.15, -0.1) is 0 Å². The Morgan fingerprint density at radius 2 is 1.80 bits per heavy atom. The number of nitrogens with one attached hydrogen (secondary N) is 1. The van der Waals surface area contributed by atoms with Crippen molar-refractivity contribution in [1.82, 2.24) is 0 Å². The van der Waals surface area contributed by atoms with Crippen LogP contribution in [0.5, 0.6) is 5.75 Å². The third kappa shape index (κ3) is 5.56. The average Bonchev–Trinajstić information content (AvgIpc) is 2.55. The molecule has 2 aromatic carbocycles. The largest absolute Gasteiger partial charge is 0.481 e. The Hall–Kier alpha value is -2.41. The van der Waals surface area contributed by atoms with E-state index in [1.807, 2.05) is 32.0 Å². The Morgan fingerprint density at radius 3 is 2.44 bits per heavy atom. The molecule has 132 valence electrons. The molecule has 0 heterocycles. The zero-order valence-electron chi connectivity index (χ0n) is 13.8. The van der Waals surface area contributed by atoms with E-state index in [4.69, 9.17) is 9.47 Å². The summed E-state index contributed by atoms with van der Waals surface area (Å²) in [4.78, 5) is 23.4. The highest BCUT2D eigenvalue weighted by Gasteiger charge is 2.12. The molecule has 0 aliphatic carbocycles. The fourth-order valence-corrected chi connectivity index (χ4v) is 2.46. The zero-order valence-corrected chi connectivity index (χ0v) is 15.4. The average molecular weight is 410 g/mol. The first-order valence-electron chi connectivity index (χ1n) is 7.46. The topological polar surface area (TPSA) is 64.6 Å². The van der Waals surface area contributed by atoms with Crippen LogP contribution < -0.4 is 10.1 Å². The van der Waals surface area contributed by atoms with Gasteiger partial charge in [-0.1, -0.05) is 34.1 Å². The van der Waals surface area contributed by atoms with Crippen molar-refractivity contribution in [3.05, 3.63) is 57.8 Å². The lowest BCUT2D eigenvalue weighted by Crippen LogP contribution is -2.24. The molecule has 1 N–H and O–H groups in total. The van der Waals surface area contributed by atoms with Crippen LogP contribution in [0.15, 0.2) is 40.9 Å². The number of carbonyl (C=O) groups is 2. The van der Waals surface area contributed by atoms with Crippen molar-refractivity contribution in [3.63, 3.8) is 0 Å². The summed E-state index contributed by atoms with van der Waals surface area (Å²) in [6, 6.07) is 9.84. The Morgan fingerprint density at radius 1 is 1.12 bits per heavy atom. The van der Waals surface area contributed by atoms with Crippen LogP contribution in [0.3, 0.4) is 0 Å². The second kappa shape index (κ2) is 8.62. The number of rotatable bonds is 6. The Kier molecular flexibility index (Phi) is 6.52. The van der Waals surface area contributed by atoms with Gasteiger partial charge in [0, 0.05) is 4.47 Å². The summed E-state index contributed by atoms with van der Waals surface area (Å²) in [6.07, 6.45) is 0. The van der Waals surface area contributed by atoms with Gasteiger partial charge in [0.15, 0.2) is 13.2 Å². The molecule has 0 saturated carbocycles. The molecule has 0 atom stereocenters. The van der Waals surface area contributed by atoms with Gasteiger partial charge in [0.25, 0.3) is 5.91 Å². The molecule has 0 aliphatic rings. The maximum atomic E-state index is 13.6. The number of halogens is 2. The molecule has 7 heteroatoms. The van der Waals surface area contributed by atoms with Gasteiger partial charge in [-0.05, 0) is 43.2 Å².